The van der Waals surface area contributed by atoms with Crippen molar-refractivity contribution in [3.63, 3.8) is 0 Å². The summed E-state index contributed by atoms with van der Waals surface area (Å²) in [4.78, 5) is 4.45. The van der Waals surface area contributed by atoms with E-state index in [4.69, 9.17) is 10.5 Å². The number of fused-ring (bicyclic) bond motifs is 1. The van der Waals surface area contributed by atoms with Gasteiger partial charge in [-0.3, -0.25) is 0 Å². The van der Waals surface area contributed by atoms with E-state index < -0.39 is 0 Å². The minimum absolute atomic E-state index is 0.163. The average molecular weight is 247 g/mol. The van der Waals surface area contributed by atoms with Gasteiger partial charge in [-0.2, -0.15) is 0 Å². The Balaban J connectivity index is 2.29. The fraction of sp³-hybridized carbons (Fsp3) is 0.500. The molecular formula is C14H21N3O. The van der Waals surface area contributed by atoms with Crippen LogP contribution in [0.2, 0.25) is 0 Å². The van der Waals surface area contributed by atoms with Crippen LogP contribution >= 0.6 is 0 Å². The van der Waals surface area contributed by atoms with Crippen LogP contribution in [-0.2, 0) is 17.7 Å². The summed E-state index contributed by atoms with van der Waals surface area (Å²) < 4.78 is 7.56. The van der Waals surface area contributed by atoms with E-state index in [1.54, 1.807) is 0 Å². The number of ether oxygens (including phenoxy) is 1. The number of nitrogens with zero attached hydrogens (tertiary/aromatic N) is 2. The summed E-state index contributed by atoms with van der Waals surface area (Å²) in [6.07, 6.45) is 4.86. The molecule has 98 valence electrons. The molecule has 0 aliphatic heterocycles. The molecular weight excluding hydrogens is 226 g/mol. The largest absolute Gasteiger partial charge is 0.380 e. The molecule has 0 aliphatic carbocycles. The van der Waals surface area contributed by atoms with Gasteiger partial charge in [-0.1, -0.05) is 0 Å². The Morgan fingerprint density at radius 2 is 2.33 bits per heavy atom. The van der Waals surface area contributed by atoms with Gasteiger partial charge in [-0.25, -0.2) is 4.98 Å². The van der Waals surface area contributed by atoms with Gasteiger partial charge in [-0.15, -0.1) is 0 Å². The first-order chi connectivity index (χ1) is 8.72. The molecule has 0 saturated heterocycles. The Morgan fingerprint density at radius 3 is 3.06 bits per heavy atom. The molecule has 0 aromatic carbocycles. The molecule has 4 nitrogen and oxygen atoms in total. The fourth-order valence-corrected chi connectivity index (χ4v) is 2.18. The molecule has 2 N–H and O–H groups in total. The quantitative estimate of drug-likeness (QED) is 0.794. The van der Waals surface area contributed by atoms with E-state index in [1.165, 1.54) is 10.9 Å². The maximum absolute atomic E-state index is 5.89. The van der Waals surface area contributed by atoms with E-state index in [1.807, 2.05) is 26.1 Å². The zero-order chi connectivity index (χ0) is 13.0. The smallest absolute Gasteiger partial charge is 0.140 e. The minimum Gasteiger partial charge on any atom is -0.380 e. The number of hydrogen-bond acceptors (Lipinski definition) is 3. The molecule has 0 saturated carbocycles. The van der Waals surface area contributed by atoms with Crippen LogP contribution in [-0.4, -0.2) is 28.8 Å². The number of rotatable bonds is 6. The van der Waals surface area contributed by atoms with E-state index in [2.05, 4.69) is 21.8 Å². The lowest BCUT2D eigenvalue weighted by Gasteiger charge is -2.04. The third-order valence-corrected chi connectivity index (χ3v) is 2.94. The van der Waals surface area contributed by atoms with Crippen LogP contribution < -0.4 is 5.73 Å². The van der Waals surface area contributed by atoms with Crippen LogP contribution in [0.5, 0.6) is 0 Å². The predicted octanol–water partition coefficient (Wildman–Crippen LogP) is 1.96. The Bertz CT molecular complexity index is 505. The highest BCUT2D eigenvalue weighted by Gasteiger charge is 2.10. The highest BCUT2D eigenvalue weighted by molar-refractivity contribution is 5.80. The van der Waals surface area contributed by atoms with Crippen molar-refractivity contribution in [2.45, 2.75) is 32.9 Å². The van der Waals surface area contributed by atoms with Crippen LogP contribution in [0, 0.1) is 0 Å². The highest BCUT2D eigenvalue weighted by Crippen LogP contribution is 2.20. The normalized spacial score (nSPS) is 13.1. The van der Waals surface area contributed by atoms with E-state index in [9.17, 15) is 0 Å². The van der Waals surface area contributed by atoms with Gasteiger partial charge in [0.05, 0.1) is 6.61 Å². The van der Waals surface area contributed by atoms with Crippen molar-refractivity contribution in [1.29, 1.82) is 0 Å². The topological polar surface area (TPSA) is 53.1 Å². The van der Waals surface area contributed by atoms with Gasteiger partial charge in [0.2, 0.25) is 0 Å². The van der Waals surface area contributed by atoms with Gasteiger partial charge >= 0.3 is 0 Å². The Labute approximate surface area is 108 Å². The molecule has 0 amide bonds. The van der Waals surface area contributed by atoms with Gasteiger partial charge < -0.3 is 15.0 Å². The van der Waals surface area contributed by atoms with E-state index in [-0.39, 0.29) is 6.04 Å². The minimum atomic E-state index is 0.163. The SMILES string of the molecule is CCOCCn1cc(CC(C)N)c2cccnc21. The summed E-state index contributed by atoms with van der Waals surface area (Å²) in [5.41, 5.74) is 8.18. The van der Waals surface area contributed by atoms with E-state index >= 15 is 0 Å². The second kappa shape index (κ2) is 5.98. The molecule has 0 aliphatic rings. The van der Waals surface area contributed by atoms with Gasteiger partial charge in [0.25, 0.3) is 0 Å². The number of aromatic nitrogens is 2. The summed E-state index contributed by atoms with van der Waals surface area (Å²) in [7, 11) is 0. The maximum Gasteiger partial charge on any atom is 0.140 e. The number of hydrogen-bond donors (Lipinski definition) is 1. The monoisotopic (exact) mass is 247 g/mol. The molecule has 0 fully saturated rings. The van der Waals surface area contributed by atoms with Crippen LogP contribution in [0.3, 0.4) is 0 Å². The van der Waals surface area contributed by atoms with Crippen molar-refractivity contribution >= 4 is 11.0 Å². The van der Waals surface area contributed by atoms with Gasteiger partial charge in [0.15, 0.2) is 0 Å². The fourth-order valence-electron chi connectivity index (χ4n) is 2.18. The number of nitrogens with two attached hydrogens (primary N) is 1. The Kier molecular flexibility index (Phi) is 4.33. The predicted molar refractivity (Wildman–Crippen MR) is 73.6 cm³/mol. The third-order valence-electron chi connectivity index (χ3n) is 2.94. The second-order valence-electron chi connectivity index (χ2n) is 4.60. The Hall–Kier alpha value is -1.39. The van der Waals surface area contributed by atoms with Gasteiger partial charge in [0.1, 0.15) is 5.65 Å². The first kappa shape index (κ1) is 13.1. The standard InChI is InChI=1S/C14H21N3O/c1-3-18-8-7-17-10-12(9-11(2)15)13-5-4-6-16-14(13)17/h4-6,10-11H,3,7-9,15H2,1-2H3. The van der Waals surface area contributed by atoms with Crippen molar-refractivity contribution in [2.24, 2.45) is 5.73 Å². The molecule has 2 aromatic rings. The van der Waals surface area contributed by atoms with Gasteiger partial charge in [-0.05, 0) is 38.0 Å². The van der Waals surface area contributed by atoms with Crippen molar-refractivity contribution in [3.05, 3.63) is 30.1 Å². The molecule has 0 radical (unpaired) electrons. The Morgan fingerprint density at radius 1 is 1.50 bits per heavy atom. The first-order valence-corrected chi connectivity index (χ1v) is 6.48. The van der Waals surface area contributed by atoms with Crippen molar-refractivity contribution in [2.75, 3.05) is 13.2 Å². The molecule has 2 aromatic heterocycles. The summed E-state index contributed by atoms with van der Waals surface area (Å²) in [6.45, 7) is 6.33. The maximum atomic E-state index is 5.89. The van der Waals surface area contributed by atoms with E-state index in [0.717, 1.165) is 25.2 Å². The molecule has 1 unspecified atom stereocenters. The van der Waals surface area contributed by atoms with Crippen molar-refractivity contribution < 1.29 is 4.74 Å². The molecule has 18 heavy (non-hydrogen) atoms. The molecule has 1 atom stereocenters. The lowest BCUT2D eigenvalue weighted by atomic mass is 10.1. The molecule has 0 bridgehead atoms. The second-order valence-corrected chi connectivity index (χ2v) is 4.60. The lowest BCUT2D eigenvalue weighted by molar-refractivity contribution is 0.140. The van der Waals surface area contributed by atoms with Crippen LogP contribution in [0.1, 0.15) is 19.4 Å². The highest BCUT2D eigenvalue weighted by atomic mass is 16.5. The van der Waals surface area contributed by atoms with Crippen molar-refractivity contribution in [3.8, 4) is 0 Å². The lowest BCUT2D eigenvalue weighted by Crippen LogP contribution is -2.17. The van der Waals surface area contributed by atoms with Crippen LogP contribution in [0.4, 0.5) is 0 Å². The first-order valence-electron chi connectivity index (χ1n) is 6.48. The molecule has 2 heterocycles. The van der Waals surface area contributed by atoms with Crippen LogP contribution in [0.15, 0.2) is 24.5 Å². The van der Waals surface area contributed by atoms with Crippen LogP contribution in [0.25, 0.3) is 11.0 Å². The zero-order valence-corrected chi connectivity index (χ0v) is 11.1. The zero-order valence-electron chi connectivity index (χ0n) is 11.1. The van der Waals surface area contributed by atoms with Gasteiger partial charge in [0, 0.05) is 37.0 Å². The molecule has 4 heteroatoms. The summed E-state index contributed by atoms with van der Waals surface area (Å²) in [6, 6.07) is 4.24. The average Bonchev–Trinajstić information content (AvgIpc) is 2.68. The summed E-state index contributed by atoms with van der Waals surface area (Å²) >= 11 is 0. The number of pyridine rings is 1. The van der Waals surface area contributed by atoms with Crippen molar-refractivity contribution in [1.82, 2.24) is 9.55 Å². The molecule has 2 rings (SSSR count). The molecule has 0 spiro atoms. The summed E-state index contributed by atoms with van der Waals surface area (Å²) in [5, 5.41) is 1.20. The third kappa shape index (κ3) is 2.89. The summed E-state index contributed by atoms with van der Waals surface area (Å²) in [5.74, 6) is 0. The van der Waals surface area contributed by atoms with E-state index in [0.29, 0.717) is 6.61 Å².